The van der Waals surface area contributed by atoms with Crippen LogP contribution in [0.15, 0.2) is 30.6 Å². The maximum absolute atomic E-state index is 8.79. The zero-order valence-electron chi connectivity index (χ0n) is 12.6. The van der Waals surface area contributed by atoms with Gasteiger partial charge in [-0.2, -0.15) is 10.4 Å². The van der Waals surface area contributed by atoms with Gasteiger partial charge < -0.3 is 10.1 Å². The zero-order valence-corrected chi connectivity index (χ0v) is 12.6. The predicted molar refractivity (Wildman–Crippen MR) is 82.1 cm³/mol. The van der Waals surface area contributed by atoms with Gasteiger partial charge in [-0.3, -0.25) is 4.68 Å². The lowest BCUT2D eigenvalue weighted by Gasteiger charge is -2.20. The van der Waals surface area contributed by atoms with Crippen LogP contribution in [-0.4, -0.2) is 27.9 Å². The maximum Gasteiger partial charge on any atom is 0.125 e. The molecule has 0 unspecified atom stereocenters. The Morgan fingerprint density at radius 1 is 1.45 bits per heavy atom. The van der Waals surface area contributed by atoms with Crippen molar-refractivity contribution in [1.82, 2.24) is 14.8 Å². The molecule has 6 heteroatoms. The number of nitrogens with zero attached hydrogens (tertiary/aromatic N) is 4. The summed E-state index contributed by atoms with van der Waals surface area (Å²) in [6.45, 7) is 4.49. The molecule has 3 rings (SSSR count). The van der Waals surface area contributed by atoms with Gasteiger partial charge in [0.25, 0.3) is 0 Å². The van der Waals surface area contributed by atoms with Gasteiger partial charge in [0.2, 0.25) is 0 Å². The zero-order chi connectivity index (χ0) is 15.4. The van der Waals surface area contributed by atoms with Crippen LogP contribution in [0.25, 0.3) is 0 Å². The molecular formula is C16H19N5O. The highest BCUT2D eigenvalue weighted by atomic mass is 16.5. The van der Waals surface area contributed by atoms with Crippen molar-refractivity contribution < 1.29 is 4.74 Å². The molecule has 1 saturated heterocycles. The van der Waals surface area contributed by atoms with Crippen LogP contribution < -0.4 is 5.32 Å². The summed E-state index contributed by atoms with van der Waals surface area (Å²) < 4.78 is 7.90. The Morgan fingerprint density at radius 3 is 3.09 bits per heavy atom. The number of rotatable bonds is 5. The van der Waals surface area contributed by atoms with Crippen LogP contribution in [0.2, 0.25) is 0 Å². The molecule has 0 amide bonds. The molecule has 2 atom stereocenters. The van der Waals surface area contributed by atoms with E-state index < -0.39 is 0 Å². The third kappa shape index (κ3) is 2.95. The van der Waals surface area contributed by atoms with Crippen molar-refractivity contribution in [2.24, 2.45) is 5.92 Å². The fourth-order valence-electron chi connectivity index (χ4n) is 2.82. The monoisotopic (exact) mass is 297 g/mol. The molecule has 0 aliphatic carbocycles. The standard InChI is InChI=1S/C16H19N5O/c1-2-21-14(5-7-20-21)16-13(6-8-22-16)11-19-15-4-3-12(9-17)10-18-15/h3-5,7,10,13,16H,2,6,8,11H2,1H3,(H,18,19)/t13-,16+/m0/s1. The van der Waals surface area contributed by atoms with E-state index in [1.54, 1.807) is 12.3 Å². The van der Waals surface area contributed by atoms with Crippen LogP contribution in [0.1, 0.15) is 30.7 Å². The van der Waals surface area contributed by atoms with E-state index in [0.29, 0.717) is 11.5 Å². The van der Waals surface area contributed by atoms with Crippen LogP contribution in [-0.2, 0) is 11.3 Å². The molecule has 2 aromatic rings. The van der Waals surface area contributed by atoms with Gasteiger partial charge in [0.1, 0.15) is 18.0 Å². The average Bonchev–Trinajstić information content (AvgIpc) is 3.21. The van der Waals surface area contributed by atoms with Crippen molar-refractivity contribution in [3.63, 3.8) is 0 Å². The van der Waals surface area contributed by atoms with Gasteiger partial charge in [0, 0.05) is 38.0 Å². The number of hydrogen-bond acceptors (Lipinski definition) is 5. The largest absolute Gasteiger partial charge is 0.372 e. The summed E-state index contributed by atoms with van der Waals surface area (Å²) in [5, 5.41) is 16.4. The Balaban J connectivity index is 1.65. The van der Waals surface area contributed by atoms with E-state index >= 15 is 0 Å². The molecule has 0 radical (unpaired) electrons. The van der Waals surface area contributed by atoms with Crippen molar-refractivity contribution in [3.05, 3.63) is 41.9 Å². The number of aryl methyl sites for hydroxylation is 1. The van der Waals surface area contributed by atoms with Gasteiger partial charge in [0.15, 0.2) is 0 Å². The molecule has 3 heterocycles. The van der Waals surface area contributed by atoms with Crippen molar-refractivity contribution >= 4 is 5.82 Å². The van der Waals surface area contributed by atoms with Gasteiger partial charge in [-0.05, 0) is 31.5 Å². The summed E-state index contributed by atoms with van der Waals surface area (Å²) in [7, 11) is 0. The van der Waals surface area contributed by atoms with Gasteiger partial charge >= 0.3 is 0 Å². The molecule has 1 fully saturated rings. The van der Waals surface area contributed by atoms with Gasteiger partial charge in [-0.25, -0.2) is 4.98 Å². The van der Waals surface area contributed by atoms with Gasteiger partial charge in [-0.1, -0.05) is 0 Å². The highest BCUT2D eigenvalue weighted by molar-refractivity contribution is 5.39. The summed E-state index contributed by atoms with van der Waals surface area (Å²) in [5.74, 6) is 1.17. The topological polar surface area (TPSA) is 75.8 Å². The first-order chi connectivity index (χ1) is 10.8. The lowest BCUT2D eigenvalue weighted by atomic mass is 9.99. The van der Waals surface area contributed by atoms with Crippen molar-refractivity contribution in [2.45, 2.75) is 26.0 Å². The maximum atomic E-state index is 8.79. The van der Waals surface area contributed by atoms with Crippen LogP contribution in [0.3, 0.4) is 0 Å². The number of nitrogens with one attached hydrogen (secondary N) is 1. The molecule has 0 aromatic carbocycles. The second kappa shape index (κ2) is 6.58. The van der Waals surface area contributed by atoms with Gasteiger partial charge in [0.05, 0.1) is 11.3 Å². The van der Waals surface area contributed by atoms with Crippen molar-refractivity contribution in [1.29, 1.82) is 5.26 Å². The van der Waals surface area contributed by atoms with E-state index in [9.17, 15) is 0 Å². The minimum Gasteiger partial charge on any atom is -0.372 e. The van der Waals surface area contributed by atoms with E-state index in [1.165, 1.54) is 0 Å². The van der Waals surface area contributed by atoms with Crippen molar-refractivity contribution in [2.75, 3.05) is 18.5 Å². The first-order valence-corrected chi connectivity index (χ1v) is 7.55. The number of anilines is 1. The number of nitriles is 1. The molecule has 0 bridgehead atoms. The Kier molecular flexibility index (Phi) is 4.35. The van der Waals surface area contributed by atoms with Gasteiger partial charge in [-0.15, -0.1) is 0 Å². The second-order valence-corrected chi connectivity index (χ2v) is 5.34. The highest BCUT2D eigenvalue weighted by Gasteiger charge is 2.31. The van der Waals surface area contributed by atoms with Crippen LogP contribution in [0, 0.1) is 17.2 Å². The molecule has 1 N–H and O–H groups in total. The van der Waals surface area contributed by atoms with Crippen molar-refractivity contribution in [3.8, 4) is 6.07 Å². The summed E-state index contributed by atoms with van der Waals surface area (Å²) in [6.07, 6.45) is 4.50. The van der Waals surface area contributed by atoms with E-state index in [4.69, 9.17) is 10.00 Å². The summed E-state index contributed by atoms with van der Waals surface area (Å²) in [5.41, 5.74) is 1.71. The van der Waals surface area contributed by atoms with E-state index in [0.717, 1.165) is 37.6 Å². The lowest BCUT2D eigenvalue weighted by molar-refractivity contribution is 0.0858. The second-order valence-electron chi connectivity index (χ2n) is 5.34. The van der Waals surface area contributed by atoms with Crippen LogP contribution in [0.5, 0.6) is 0 Å². The van der Waals surface area contributed by atoms with Crippen LogP contribution in [0.4, 0.5) is 5.82 Å². The molecule has 114 valence electrons. The van der Waals surface area contributed by atoms with Crippen LogP contribution >= 0.6 is 0 Å². The van der Waals surface area contributed by atoms with E-state index in [1.807, 2.05) is 23.0 Å². The Hall–Kier alpha value is -2.39. The summed E-state index contributed by atoms with van der Waals surface area (Å²) >= 11 is 0. The molecule has 1 aliphatic heterocycles. The Labute approximate surface area is 129 Å². The molecule has 22 heavy (non-hydrogen) atoms. The normalized spacial score (nSPS) is 20.7. The molecular weight excluding hydrogens is 278 g/mol. The number of hydrogen-bond donors (Lipinski definition) is 1. The summed E-state index contributed by atoms with van der Waals surface area (Å²) in [6, 6.07) is 7.70. The fourth-order valence-corrected chi connectivity index (χ4v) is 2.82. The number of ether oxygens (including phenoxy) is 1. The van der Waals surface area contributed by atoms with E-state index in [-0.39, 0.29) is 6.10 Å². The number of pyridine rings is 1. The molecule has 2 aromatic heterocycles. The smallest absolute Gasteiger partial charge is 0.125 e. The predicted octanol–water partition coefficient (Wildman–Crippen LogP) is 2.36. The SMILES string of the molecule is CCn1nccc1[C@@H]1OCC[C@H]1CNc1ccc(C#N)cn1. The fraction of sp³-hybridized carbons (Fsp3) is 0.438. The highest BCUT2D eigenvalue weighted by Crippen LogP contribution is 2.34. The molecule has 1 aliphatic rings. The minimum absolute atomic E-state index is 0.0772. The van der Waals surface area contributed by atoms with E-state index in [2.05, 4.69) is 28.4 Å². The molecule has 6 nitrogen and oxygen atoms in total. The first-order valence-electron chi connectivity index (χ1n) is 7.55. The number of aromatic nitrogens is 3. The molecule has 0 spiro atoms. The Bertz CT molecular complexity index is 658. The minimum atomic E-state index is 0.0772. The quantitative estimate of drug-likeness (QED) is 0.917. The third-order valence-electron chi connectivity index (χ3n) is 3.99. The lowest BCUT2D eigenvalue weighted by Crippen LogP contribution is -2.20. The third-order valence-corrected chi connectivity index (χ3v) is 3.99. The average molecular weight is 297 g/mol. The summed E-state index contributed by atoms with van der Waals surface area (Å²) in [4.78, 5) is 4.24. The molecule has 0 saturated carbocycles. The first kappa shape index (κ1) is 14.5. The Morgan fingerprint density at radius 2 is 2.36 bits per heavy atom.